The van der Waals surface area contributed by atoms with E-state index >= 15 is 0 Å². The number of hydrogen-bond acceptors (Lipinski definition) is 4. The van der Waals surface area contributed by atoms with Crippen LogP contribution >= 0.6 is 0 Å². The van der Waals surface area contributed by atoms with E-state index in [1.807, 2.05) is 12.1 Å². The number of unbranched alkanes of at least 4 members (excludes halogenated alkanes) is 1. The predicted molar refractivity (Wildman–Crippen MR) is 94.0 cm³/mol. The van der Waals surface area contributed by atoms with Gasteiger partial charge < -0.3 is 0 Å². The fraction of sp³-hybridized carbons (Fsp3) is 0.263. The highest BCUT2D eigenvalue weighted by Crippen LogP contribution is 2.29. The molecule has 0 N–H and O–H groups in total. The third-order valence-electron chi connectivity index (χ3n) is 4.29. The Bertz CT molecular complexity index is 917. The molecular formula is C19H19NO4S. The Hall–Kier alpha value is -2.47. The average Bonchev–Trinajstić information content (AvgIpc) is 2.81. The third-order valence-corrected chi connectivity index (χ3v) is 6.08. The minimum atomic E-state index is -3.96. The van der Waals surface area contributed by atoms with Gasteiger partial charge in [-0.05, 0) is 30.5 Å². The Morgan fingerprint density at radius 2 is 1.72 bits per heavy atom. The highest BCUT2D eigenvalue weighted by atomic mass is 32.2. The van der Waals surface area contributed by atoms with Crippen LogP contribution in [0.4, 0.5) is 0 Å². The number of sulfonamides is 1. The van der Waals surface area contributed by atoms with Crippen LogP contribution in [0.25, 0.3) is 0 Å². The number of amides is 1. The van der Waals surface area contributed by atoms with Crippen LogP contribution in [-0.2, 0) is 16.4 Å². The van der Waals surface area contributed by atoms with Crippen molar-refractivity contribution in [2.24, 2.45) is 0 Å². The highest BCUT2D eigenvalue weighted by molar-refractivity contribution is 7.90. The smallest absolute Gasteiger partial charge is 0.269 e. The molecule has 5 nitrogen and oxygen atoms in total. The number of benzene rings is 2. The molecule has 1 aliphatic heterocycles. The molecule has 2 aromatic carbocycles. The fourth-order valence-corrected chi connectivity index (χ4v) is 4.37. The summed E-state index contributed by atoms with van der Waals surface area (Å²) in [6.45, 7) is 1.63. The highest BCUT2D eigenvalue weighted by Gasteiger charge is 2.41. The van der Waals surface area contributed by atoms with E-state index in [0.29, 0.717) is 9.87 Å². The molecule has 1 amide bonds. The zero-order valence-corrected chi connectivity index (χ0v) is 14.8. The summed E-state index contributed by atoms with van der Waals surface area (Å²) < 4.78 is 25.6. The summed E-state index contributed by atoms with van der Waals surface area (Å²) in [7, 11) is -3.96. The molecule has 0 radical (unpaired) electrons. The number of carbonyl (C=O) groups is 2. The predicted octanol–water partition coefficient (Wildman–Crippen LogP) is 3.06. The monoisotopic (exact) mass is 357 g/mol. The number of rotatable bonds is 6. The maximum Gasteiger partial charge on any atom is 0.269 e. The fourth-order valence-electron chi connectivity index (χ4n) is 2.85. The molecular weight excluding hydrogens is 338 g/mol. The van der Waals surface area contributed by atoms with Gasteiger partial charge in [0, 0.05) is 5.56 Å². The Morgan fingerprint density at radius 3 is 2.36 bits per heavy atom. The first-order valence-electron chi connectivity index (χ1n) is 8.23. The van der Waals surface area contributed by atoms with Crippen molar-refractivity contribution in [3.05, 3.63) is 65.2 Å². The third kappa shape index (κ3) is 3.22. The van der Waals surface area contributed by atoms with Crippen molar-refractivity contribution in [3.63, 3.8) is 0 Å². The number of aryl methyl sites for hydroxylation is 1. The van der Waals surface area contributed by atoms with Crippen LogP contribution in [0.2, 0.25) is 0 Å². The Morgan fingerprint density at radius 1 is 1.04 bits per heavy atom. The van der Waals surface area contributed by atoms with Crippen LogP contribution in [-0.4, -0.2) is 31.0 Å². The van der Waals surface area contributed by atoms with Crippen molar-refractivity contribution >= 4 is 21.7 Å². The molecule has 0 bridgehead atoms. The summed E-state index contributed by atoms with van der Waals surface area (Å²) in [5, 5.41) is 0. The van der Waals surface area contributed by atoms with Crippen molar-refractivity contribution in [2.75, 3.05) is 6.54 Å². The molecule has 130 valence electrons. The summed E-state index contributed by atoms with van der Waals surface area (Å²) in [5.74, 6) is -1.05. The van der Waals surface area contributed by atoms with E-state index in [1.54, 1.807) is 24.3 Å². The molecule has 0 unspecified atom stereocenters. The lowest BCUT2D eigenvalue weighted by Gasteiger charge is -2.14. The quantitative estimate of drug-likeness (QED) is 0.745. The van der Waals surface area contributed by atoms with Crippen molar-refractivity contribution in [3.8, 4) is 0 Å². The summed E-state index contributed by atoms with van der Waals surface area (Å²) in [6.07, 6.45) is 3.11. The molecule has 0 aromatic heterocycles. The number of nitrogens with zero attached hydrogens (tertiary/aromatic N) is 1. The zero-order valence-electron chi connectivity index (χ0n) is 13.9. The molecule has 0 saturated carbocycles. The first kappa shape index (κ1) is 17.4. The van der Waals surface area contributed by atoms with Gasteiger partial charge in [0.2, 0.25) is 0 Å². The first-order chi connectivity index (χ1) is 11.9. The van der Waals surface area contributed by atoms with Crippen LogP contribution in [0.1, 0.15) is 46.0 Å². The topological polar surface area (TPSA) is 71.5 Å². The van der Waals surface area contributed by atoms with E-state index in [-0.39, 0.29) is 10.5 Å². The van der Waals surface area contributed by atoms with Crippen LogP contribution in [0.3, 0.4) is 0 Å². The van der Waals surface area contributed by atoms with Gasteiger partial charge in [0.15, 0.2) is 5.78 Å². The largest absolute Gasteiger partial charge is 0.292 e. The van der Waals surface area contributed by atoms with Gasteiger partial charge in [0.1, 0.15) is 11.4 Å². The van der Waals surface area contributed by atoms with Gasteiger partial charge in [-0.1, -0.05) is 49.7 Å². The van der Waals surface area contributed by atoms with Gasteiger partial charge >= 0.3 is 0 Å². The van der Waals surface area contributed by atoms with Crippen molar-refractivity contribution in [2.45, 2.75) is 31.1 Å². The minimum absolute atomic E-state index is 0.0392. The summed E-state index contributed by atoms with van der Waals surface area (Å²) in [4.78, 5) is 24.8. The molecule has 1 heterocycles. The lowest BCUT2D eigenvalue weighted by molar-refractivity contribution is 0.0820. The van der Waals surface area contributed by atoms with Crippen LogP contribution in [0, 0.1) is 0 Å². The Labute approximate surface area is 147 Å². The SMILES string of the molecule is CCCCc1ccc(C(=O)CN2C(=O)c3ccccc3S2(=O)=O)cc1. The minimum Gasteiger partial charge on any atom is -0.292 e. The molecule has 3 rings (SSSR count). The van der Waals surface area contributed by atoms with Gasteiger partial charge in [-0.15, -0.1) is 0 Å². The molecule has 0 fully saturated rings. The second kappa shape index (κ2) is 6.80. The number of ketones is 1. The number of Topliss-reactive ketones (excluding diaryl/α,β-unsaturated/α-hetero) is 1. The standard InChI is InChI=1S/C19H19NO4S/c1-2-3-6-14-9-11-15(12-10-14)17(21)13-20-19(22)16-7-4-5-8-18(16)25(20,23)24/h4-5,7-12H,2-3,6,13H2,1H3. The number of hydrogen-bond donors (Lipinski definition) is 0. The van der Waals surface area contributed by atoms with E-state index in [9.17, 15) is 18.0 Å². The van der Waals surface area contributed by atoms with Crippen molar-refractivity contribution in [1.29, 1.82) is 0 Å². The molecule has 0 atom stereocenters. The number of fused-ring (bicyclic) bond motifs is 1. The van der Waals surface area contributed by atoms with Crippen molar-refractivity contribution in [1.82, 2.24) is 4.31 Å². The molecule has 2 aromatic rings. The maximum atomic E-state index is 12.5. The molecule has 0 aliphatic carbocycles. The van der Waals surface area contributed by atoms with E-state index in [4.69, 9.17) is 0 Å². The van der Waals surface area contributed by atoms with Gasteiger partial charge in [-0.25, -0.2) is 12.7 Å². The lowest BCUT2D eigenvalue weighted by atomic mass is 10.0. The van der Waals surface area contributed by atoms with Gasteiger partial charge in [-0.3, -0.25) is 9.59 Å². The number of carbonyl (C=O) groups excluding carboxylic acids is 2. The van der Waals surface area contributed by atoms with Crippen LogP contribution in [0.5, 0.6) is 0 Å². The summed E-state index contributed by atoms with van der Waals surface area (Å²) in [5.41, 5.74) is 1.65. The lowest BCUT2D eigenvalue weighted by Crippen LogP contribution is -2.35. The molecule has 0 saturated heterocycles. The zero-order chi connectivity index (χ0) is 18.0. The van der Waals surface area contributed by atoms with Crippen LogP contribution in [0.15, 0.2) is 53.4 Å². The van der Waals surface area contributed by atoms with Gasteiger partial charge in [0.05, 0.1) is 5.56 Å². The molecule has 0 spiro atoms. The average molecular weight is 357 g/mol. The molecule has 1 aliphatic rings. The second-order valence-electron chi connectivity index (χ2n) is 6.04. The van der Waals surface area contributed by atoms with Gasteiger partial charge in [0.25, 0.3) is 15.9 Å². The second-order valence-corrected chi connectivity index (χ2v) is 7.87. The maximum absolute atomic E-state index is 12.5. The summed E-state index contributed by atoms with van der Waals surface area (Å²) in [6, 6.07) is 13.1. The van der Waals surface area contributed by atoms with E-state index in [0.717, 1.165) is 24.8 Å². The van der Waals surface area contributed by atoms with E-state index in [1.165, 1.54) is 12.1 Å². The first-order valence-corrected chi connectivity index (χ1v) is 9.67. The summed E-state index contributed by atoms with van der Waals surface area (Å²) >= 11 is 0. The van der Waals surface area contributed by atoms with E-state index < -0.39 is 28.3 Å². The van der Waals surface area contributed by atoms with E-state index in [2.05, 4.69) is 6.92 Å². The Balaban J connectivity index is 1.79. The Kier molecular flexibility index (Phi) is 4.72. The van der Waals surface area contributed by atoms with Crippen LogP contribution < -0.4 is 0 Å². The van der Waals surface area contributed by atoms with Gasteiger partial charge in [-0.2, -0.15) is 0 Å². The normalized spacial score (nSPS) is 15.2. The molecule has 6 heteroatoms. The molecule has 25 heavy (non-hydrogen) atoms. The van der Waals surface area contributed by atoms with Crippen molar-refractivity contribution < 1.29 is 18.0 Å².